The molecular formula is C12H14N2O3. The van der Waals surface area contributed by atoms with Crippen LogP contribution in [0.5, 0.6) is 0 Å². The fraction of sp³-hybridized carbons (Fsp3) is 0.333. The number of hydrogen-bond donors (Lipinski definition) is 1. The molecule has 0 aliphatic rings. The van der Waals surface area contributed by atoms with Crippen LogP contribution in [-0.2, 0) is 9.53 Å². The molecule has 1 aromatic carbocycles. The van der Waals surface area contributed by atoms with Crippen molar-refractivity contribution < 1.29 is 14.6 Å². The average Bonchev–Trinajstić information content (AvgIpc) is 2.37. The van der Waals surface area contributed by atoms with Crippen molar-refractivity contribution in [1.29, 1.82) is 5.26 Å². The number of ether oxygens (including phenoxy) is 1. The molecule has 0 saturated heterocycles. The van der Waals surface area contributed by atoms with Gasteiger partial charge in [-0.25, -0.2) is 4.79 Å². The van der Waals surface area contributed by atoms with Crippen LogP contribution in [0.25, 0.3) is 0 Å². The van der Waals surface area contributed by atoms with Gasteiger partial charge in [0.15, 0.2) is 12.2 Å². The van der Waals surface area contributed by atoms with Crippen LogP contribution in [0.15, 0.2) is 30.3 Å². The average molecular weight is 234 g/mol. The van der Waals surface area contributed by atoms with Crippen molar-refractivity contribution in [2.24, 2.45) is 0 Å². The van der Waals surface area contributed by atoms with E-state index in [1.165, 1.54) is 0 Å². The maximum absolute atomic E-state index is 11.6. The molecule has 5 heteroatoms. The number of benzene rings is 1. The monoisotopic (exact) mass is 234 g/mol. The molecule has 90 valence electrons. The molecule has 1 unspecified atom stereocenters. The molecule has 0 fully saturated rings. The molecule has 0 bridgehead atoms. The largest absolute Gasteiger partial charge is 0.464 e. The number of aliphatic hydroxyl groups excluding tert-OH is 1. The normalized spacial score (nSPS) is 11.4. The number of esters is 1. The minimum Gasteiger partial charge on any atom is -0.464 e. The number of anilines is 1. The first-order chi connectivity index (χ1) is 8.24. The summed E-state index contributed by atoms with van der Waals surface area (Å²) >= 11 is 0. The Kier molecular flexibility index (Phi) is 4.98. The Hall–Kier alpha value is -2.06. The standard InChI is InChI=1S/C12H14N2O3/c1-2-17-12(16)11(8-15)14(9-13)10-6-4-3-5-7-10/h3-7,11,15H,2,8H2,1H3. The Morgan fingerprint density at radius 3 is 2.65 bits per heavy atom. The molecule has 0 heterocycles. The Balaban J connectivity index is 2.93. The molecular weight excluding hydrogens is 220 g/mol. The number of nitriles is 1. The van der Waals surface area contributed by atoms with E-state index in [1.807, 2.05) is 6.19 Å². The van der Waals surface area contributed by atoms with Crippen molar-refractivity contribution in [2.45, 2.75) is 13.0 Å². The molecule has 1 aromatic rings. The molecule has 0 saturated carbocycles. The molecule has 0 spiro atoms. The third-order valence-electron chi connectivity index (χ3n) is 2.19. The number of aliphatic hydroxyl groups is 1. The van der Waals surface area contributed by atoms with Crippen molar-refractivity contribution in [1.82, 2.24) is 0 Å². The second-order valence-corrected chi connectivity index (χ2v) is 3.26. The maximum atomic E-state index is 11.6. The summed E-state index contributed by atoms with van der Waals surface area (Å²) in [5.41, 5.74) is 0.544. The van der Waals surface area contributed by atoms with Gasteiger partial charge in [0, 0.05) is 0 Å². The van der Waals surface area contributed by atoms with Crippen LogP contribution in [0.2, 0.25) is 0 Å². The first kappa shape index (κ1) is 13.0. The summed E-state index contributed by atoms with van der Waals surface area (Å²) in [4.78, 5) is 12.7. The lowest BCUT2D eigenvalue weighted by atomic mass is 10.2. The second-order valence-electron chi connectivity index (χ2n) is 3.26. The molecule has 0 aliphatic heterocycles. The molecule has 0 aromatic heterocycles. The lowest BCUT2D eigenvalue weighted by Gasteiger charge is -2.23. The Morgan fingerprint density at radius 2 is 2.18 bits per heavy atom. The van der Waals surface area contributed by atoms with Crippen molar-refractivity contribution in [3.63, 3.8) is 0 Å². The van der Waals surface area contributed by atoms with E-state index in [9.17, 15) is 9.90 Å². The number of carbonyl (C=O) groups excluding carboxylic acids is 1. The van der Waals surface area contributed by atoms with E-state index in [0.717, 1.165) is 4.90 Å². The van der Waals surface area contributed by atoms with Gasteiger partial charge in [0.2, 0.25) is 0 Å². The summed E-state index contributed by atoms with van der Waals surface area (Å²) < 4.78 is 4.81. The zero-order valence-corrected chi connectivity index (χ0v) is 9.54. The van der Waals surface area contributed by atoms with E-state index in [0.29, 0.717) is 5.69 Å². The van der Waals surface area contributed by atoms with E-state index in [2.05, 4.69) is 0 Å². The van der Waals surface area contributed by atoms with Gasteiger partial charge in [-0.1, -0.05) is 18.2 Å². The van der Waals surface area contributed by atoms with Crippen LogP contribution in [-0.4, -0.2) is 30.3 Å². The summed E-state index contributed by atoms with van der Waals surface area (Å²) in [5.74, 6) is -0.611. The predicted octanol–water partition coefficient (Wildman–Crippen LogP) is 0.898. The molecule has 1 atom stereocenters. The van der Waals surface area contributed by atoms with Crippen molar-refractivity contribution in [2.75, 3.05) is 18.1 Å². The van der Waals surface area contributed by atoms with Crippen molar-refractivity contribution in [3.8, 4) is 6.19 Å². The van der Waals surface area contributed by atoms with Gasteiger partial charge in [-0.05, 0) is 19.1 Å². The predicted molar refractivity (Wildman–Crippen MR) is 62.0 cm³/mol. The fourth-order valence-electron chi connectivity index (χ4n) is 1.40. The molecule has 1 rings (SSSR count). The smallest absolute Gasteiger partial charge is 0.332 e. The van der Waals surface area contributed by atoms with E-state index in [-0.39, 0.29) is 6.61 Å². The highest BCUT2D eigenvalue weighted by Gasteiger charge is 2.26. The van der Waals surface area contributed by atoms with Crippen LogP contribution in [0.1, 0.15) is 6.92 Å². The number of carbonyl (C=O) groups is 1. The highest BCUT2D eigenvalue weighted by Crippen LogP contribution is 2.16. The third-order valence-corrected chi connectivity index (χ3v) is 2.19. The highest BCUT2D eigenvalue weighted by atomic mass is 16.5. The molecule has 1 N–H and O–H groups in total. The van der Waals surface area contributed by atoms with Gasteiger partial charge in [-0.15, -0.1) is 0 Å². The molecule has 17 heavy (non-hydrogen) atoms. The summed E-state index contributed by atoms with van der Waals surface area (Å²) in [5, 5.41) is 18.2. The van der Waals surface area contributed by atoms with Gasteiger partial charge in [-0.3, -0.25) is 4.90 Å². The molecule has 5 nitrogen and oxygen atoms in total. The van der Waals surface area contributed by atoms with Crippen molar-refractivity contribution >= 4 is 11.7 Å². The van der Waals surface area contributed by atoms with E-state index >= 15 is 0 Å². The first-order valence-electron chi connectivity index (χ1n) is 5.26. The van der Waals surface area contributed by atoms with E-state index in [4.69, 9.17) is 10.00 Å². The van der Waals surface area contributed by atoms with Gasteiger partial charge in [-0.2, -0.15) is 5.26 Å². The summed E-state index contributed by atoms with van der Waals surface area (Å²) in [6.45, 7) is 1.41. The van der Waals surface area contributed by atoms with Crippen LogP contribution in [0, 0.1) is 11.5 Å². The summed E-state index contributed by atoms with van der Waals surface area (Å²) in [6, 6.07) is 7.67. The maximum Gasteiger partial charge on any atom is 0.332 e. The van der Waals surface area contributed by atoms with Crippen LogP contribution in [0.3, 0.4) is 0 Å². The third kappa shape index (κ3) is 3.20. The van der Waals surface area contributed by atoms with Gasteiger partial charge < -0.3 is 9.84 Å². The topological polar surface area (TPSA) is 73.6 Å². The van der Waals surface area contributed by atoms with Crippen LogP contribution >= 0.6 is 0 Å². The lowest BCUT2D eigenvalue weighted by Crippen LogP contribution is -2.42. The number of nitrogens with zero attached hydrogens (tertiary/aromatic N) is 2. The molecule has 0 aliphatic carbocycles. The SMILES string of the molecule is CCOC(=O)C(CO)N(C#N)c1ccccc1. The van der Waals surface area contributed by atoms with Crippen LogP contribution < -0.4 is 4.90 Å². The highest BCUT2D eigenvalue weighted by molar-refractivity contribution is 5.81. The molecule has 0 amide bonds. The van der Waals surface area contributed by atoms with E-state index in [1.54, 1.807) is 37.3 Å². The Morgan fingerprint density at radius 1 is 1.53 bits per heavy atom. The van der Waals surface area contributed by atoms with Gasteiger partial charge >= 0.3 is 5.97 Å². The summed E-state index contributed by atoms with van der Waals surface area (Å²) in [6.07, 6.45) is 1.88. The lowest BCUT2D eigenvalue weighted by molar-refractivity contribution is -0.145. The quantitative estimate of drug-likeness (QED) is 0.465. The Labute approximate surface area is 99.8 Å². The fourth-order valence-corrected chi connectivity index (χ4v) is 1.40. The zero-order chi connectivity index (χ0) is 12.7. The minimum absolute atomic E-state index is 0.212. The Bertz CT molecular complexity index is 400. The number of para-hydroxylation sites is 1. The number of hydrogen-bond acceptors (Lipinski definition) is 5. The second kappa shape index (κ2) is 6.51. The minimum atomic E-state index is -0.998. The summed E-state index contributed by atoms with van der Waals surface area (Å²) in [7, 11) is 0. The van der Waals surface area contributed by atoms with Gasteiger partial charge in [0.1, 0.15) is 0 Å². The van der Waals surface area contributed by atoms with Gasteiger partial charge in [0.05, 0.1) is 18.9 Å². The zero-order valence-electron chi connectivity index (χ0n) is 9.54. The number of rotatable bonds is 5. The van der Waals surface area contributed by atoms with Crippen LogP contribution in [0.4, 0.5) is 5.69 Å². The van der Waals surface area contributed by atoms with Gasteiger partial charge in [0.25, 0.3) is 0 Å². The first-order valence-corrected chi connectivity index (χ1v) is 5.26. The van der Waals surface area contributed by atoms with E-state index < -0.39 is 18.6 Å². The molecule has 0 radical (unpaired) electrons. The van der Waals surface area contributed by atoms with Crippen molar-refractivity contribution in [3.05, 3.63) is 30.3 Å².